The van der Waals surface area contributed by atoms with Crippen molar-refractivity contribution in [1.82, 2.24) is 23.5 Å². The van der Waals surface area contributed by atoms with Crippen molar-refractivity contribution < 1.29 is 36.3 Å². The molecule has 3 saturated heterocycles. The van der Waals surface area contributed by atoms with Gasteiger partial charge in [-0.25, -0.2) is 13.6 Å². The molecule has 6 rings (SSSR count). The second-order valence-corrected chi connectivity index (χ2v) is 15.4. The number of benzene rings is 2. The average Bonchev–Trinajstić information content (AvgIpc) is 3.09. The number of nitrogens with zero attached hydrogens (tertiary/aromatic N) is 6. The highest BCUT2D eigenvalue weighted by molar-refractivity contribution is 8.01. The van der Waals surface area contributed by atoms with Gasteiger partial charge in [0.25, 0.3) is 0 Å². The predicted octanol–water partition coefficient (Wildman–Crippen LogP) is 5.27. The van der Waals surface area contributed by atoms with Gasteiger partial charge in [-0.3, -0.25) is 19.6 Å². The quantitative estimate of drug-likeness (QED) is 0.0681. The minimum atomic E-state index is -4.88. The number of hydrogen-bond acceptors (Lipinski definition) is 9. The molecule has 0 aliphatic carbocycles. The third kappa shape index (κ3) is 8.12. The molecule has 9 nitrogen and oxygen atoms in total. The van der Waals surface area contributed by atoms with Crippen LogP contribution in [0.5, 0.6) is 0 Å². The maximum Gasteiger partial charge on any atom is 0.417 e. The number of aldehydes is 1. The second-order valence-electron chi connectivity index (χ2n) is 13.4. The smallest absolute Gasteiger partial charge is 0.378 e. The summed E-state index contributed by atoms with van der Waals surface area (Å²) in [6.07, 6.45) is -0.445. The van der Waals surface area contributed by atoms with Gasteiger partial charge in [-0.15, -0.1) is 11.8 Å². The fourth-order valence-corrected chi connectivity index (χ4v) is 9.97. The summed E-state index contributed by atoms with van der Waals surface area (Å²) >= 11 is 2.46. The lowest BCUT2D eigenvalue weighted by atomic mass is 9.92. The van der Waals surface area contributed by atoms with E-state index < -0.39 is 23.4 Å². The van der Waals surface area contributed by atoms with E-state index in [1.807, 2.05) is 18.9 Å². The number of hydrogen-bond donors (Lipinski definition) is 0. The van der Waals surface area contributed by atoms with Crippen molar-refractivity contribution >= 4 is 47.9 Å². The van der Waals surface area contributed by atoms with Crippen LogP contribution in [0.25, 0.3) is 11.1 Å². The SMILES string of the molecule is C=CC=O.CN=C(c1cc(C(F)(F)F)c(-c2ccc(F)cc2F)c2c1[N+](C=O)(SC)[C@@H](CN1CCN(C3COC3)CC1)CS2)N1CCN(C)C[C@@H]1C. The molecule has 2 aromatic rings. The van der Waals surface area contributed by atoms with Crippen LogP contribution < -0.4 is 3.89 Å². The first kappa shape index (κ1) is 40.3. The molecule has 284 valence electrons. The predicted molar refractivity (Wildman–Crippen MR) is 198 cm³/mol. The van der Waals surface area contributed by atoms with Gasteiger partial charge in [-0.2, -0.15) is 17.1 Å². The lowest BCUT2D eigenvalue weighted by Crippen LogP contribution is -2.62. The fraction of sp³-hybridized carbons (Fsp3) is 0.528. The molecule has 3 fully saturated rings. The van der Waals surface area contributed by atoms with Gasteiger partial charge in [0.15, 0.2) is 5.69 Å². The second kappa shape index (κ2) is 17.1. The largest absolute Gasteiger partial charge is 0.417 e. The van der Waals surface area contributed by atoms with E-state index in [1.165, 1.54) is 29.8 Å². The summed E-state index contributed by atoms with van der Waals surface area (Å²) in [5, 5.41) is 0. The Balaban J connectivity index is 0.00000124. The topological polar surface area (TPSA) is 68.7 Å². The van der Waals surface area contributed by atoms with Crippen LogP contribution in [0.3, 0.4) is 0 Å². The van der Waals surface area contributed by atoms with E-state index in [2.05, 4.69) is 26.3 Å². The van der Waals surface area contributed by atoms with Gasteiger partial charge in [-0.05, 0) is 38.2 Å². The zero-order valence-corrected chi connectivity index (χ0v) is 31.5. The van der Waals surface area contributed by atoms with E-state index in [0.717, 1.165) is 64.0 Å². The molecule has 4 heterocycles. The number of quaternary nitrogens is 1. The number of carbonyl (C=O) groups excluding carboxylic acids is 2. The zero-order valence-electron chi connectivity index (χ0n) is 29.9. The Morgan fingerprint density at radius 2 is 1.81 bits per heavy atom. The van der Waals surface area contributed by atoms with E-state index in [0.29, 0.717) is 61.8 Å². The number of allylic oxidation sites excluding steroid dienone is 1. The van der Waals surface area contributed by atoms with Gasteiger partial charge in [0.2, 0.25) is 0 Å². The summed E-state index contributed by atoms with van der Waals surface area (Å²) in [4.78, 5) is 36.3. The van der Waals surface area contributed by atoms with Crippen LogP contribution in [0, 0.1) is 11.6 Å². The van der Waals surface area contributed by atoms with Gasteiger partial charge >= 0.3 is 12.6 Å². The van der Waals surface area contributed by atoms with Crippen molar-refractivity contribution in [3.05, 3.63) is 59.7 Å². The molecule has 2 aromatic carbocycles. The highest BCUT2D eigenvalue weighted by Gasteiger charge is 2.52. The minimum Gasteiger partial charge on any atom is -0.378 e. The summed E-state index contributed by atoms with van der Waals surface area (Å²) in [6.45, 7) is 12.4. The van der Waals surface area contributed by atoms with Crippen LogP contribution in [0.2, 0.25) is 0 Å². The molecule has 4 aliphatic heterocycles. The Morgan fingerprint density at radius 1 is 1.12 bits per heavy atom. The van der Waals surface area contributed by atoms with E-state index >= 15 is 17.6 Å². The van der Waals surface area contributed by atoms with Gasteiger partial charge in [0, 0.05) is 82.4 Å². The van der Waals surface area contributed by atoms with Gasteiger partial charge in [-0.1, -0.05) is 6.58 Å². The highest BCUT2D eigenvalue weighted by atomic mass is 32.2. The van der Waals surface area contributed by atoms with Crippen molar-refractivity contribution in [3.63, 3.8) is 0 Å². The Bertz CT molecular complexity index is 1650. The molecule has 1 unspecified atom stereocenters. The van der Waals surface area contributed by atoms with Gasteiger partial charge in [0.05, 0.1) is 59.5 Å². The lowest BCUT2D eigenvalue weighted by Gasteiger charge is -2.47. The van der Waals surface area contributed by atoms with Crippen LogP contribution in [0.4, 0.5) is 27.6 Å². The molecule has 1 amide bonds. The van der Waals surface area contributed by atoms with E-state index in [4.69, 9.17) is 9.53 Å². The van der Waals surface area contributed by atoms with Crippen LogP contribution in [-0.2, 0) is 20.5 Å². The molecule has 0 N–H and O–H groups in total. The molecule has 4 aliphatic rings. The van der Waals surface area contributed by atoms with Crippen molar-refractivity contribution in [2.75, 3.05) is 91.7 Å². The third-order valence-electron chi connectivity index (χ3n) is 10.2. The average molecular weight is 770 g/mol. The number of likely N-dealkylation sites (N-methyl/N-ethyl adjacent to an activating group) is 1. The van der Waals surface area contributed by atoms with Crippen LogP contribution >= 0.6 is 23.7 Å². The number of ether oxygens (including phenoxy) is 1. The van der Waals surface area contributed by atoms with Crippen molar-refractivity contribution in [3.8, 4) is 11.1 Å². The van der Waals surface area contributed by atoms with E-state index in [1.54, 1.807) is 13.3 Å². The van der Waals surface area contributed by atoms with Crippen LogP contribution in [-0.4, -0.2) is 148 Å². The normalized spacial score (nSPS) is 25.1. The van der Waals surface area contributed by atoms with Gasteiger partial charge < -0.3 is 14.5 Å². The fourth-order valence-electron chi connectivity index (χ4n) is 7.46. The number of carbonyl (C=O) groups is 2. The summed E-state index contributed by atoms with van der Waals surface area (Å²) in [7, 11) is 3.55. The molecule has 0 spiro atoms. The number of amidine groups is 1. The Hall–Kier alpha value is -2.86. The zero-order chi connectivity index (χ0) is 37.8. The number of thioether (sulfide) groups is 1. The first-order chi connectivity index (χ1) is 24.8. The number of halogens is 5. The molecule has 0 saturated carbocycles. The van der Waals surface area contributed by atoms with Crippen molar-refractivity contribution in [2.45, 2.75) is 36.1 Å². The summed E-state index contributed by atoms with van der Waals surface area (Å²) in [5.41, 5.74) is -1.21. The Morgan fingerprint density at radius 3 is 2.33 bits per heavy atom. The van der Waals surface area contributed by atoms with E-state index in [-0.39, 0.29) is 37.6 Å². The summed E-state index contributed by atoms with van der Waals surface area (Å²) < 4.78 is 80.0. The number of alkyl halides is 3. The molecule has 0 aromatic heterocycles. The maximum absolute atomic E-state index is 15.5. The maximum atomic E-state index is 15.5. The standard InChI is InChI=1S/C33H42F5N6O2S2.C3H4O/c1-21-15-40(3)7-12-43(21)32(39-2)26-14-27(33(36,37)38)29(25-6-5-22(34)13-28(25)35)31-30(26)44(20-45,47-4)24(19-48-31)16-41-8-10-42(11-9-41)23-17-46-18-23;1-2-3-4/h5-6,13-14,20-21,23-24H,7-12,15-19H2,1-4H3;2-3H,1H2/q+1;/t21-,24-,44?;/m0./s1. The summed E-state index contributed by atoms with van der Waals surface area (Å²) in [5.74, 6) is -1.30. The Labute approximate surface area is 310 Å². The van der Waals surface area contributed by atoms with E-state index in [9.17, 15) is 9.18 Å². The molecule has 3 atom stereocenters. The van der Waals surface area contributed by atoms with Crippen molar-refractivity contribution in [1.29, 1.82) is 0 Å². The first-order valence-electron chi connectivity index (χ1n) is 17.1. The lowest BCUT2D eigenvalue weighted by molar-refractivity contribution is -0.137. The number of amides is 1. The highest BCUT2D eigenvalue weighted by Crippen LogP contribution is 2.55. The molecule has 0 radical (unpaired) electrons. The molecule has 0 bridgehead atoms. The minimum absolute atomic E-state index is 0.0709. The molecular weight excluding hydrogens is 724 g/mol. The van der Waals surface area contributed by atoms with Gasteiger partial charge in [0.1, 0.15) is 29.8 Å². The van der Waals surface area contributed by atoms with Crippen LogP contribution in [0.15, 0.2) is 46.8 Å². The molecular formula is C36H46F5N6O3S2+. The number of aliphatic imine (C=N–C) groups is 1. The number of piperazine rings is 2. The van der Waals surface area contributed by atoms with Crippen LogP contribution in [0.1, 0.15) is 18.1 Å². The number of fused-ring (bicyclic) bond motifs is 1. The first-order valence-corrected chi connectivity index (χ1v) is 19.3. The number of rotatable bonds is 8. The monoisotopic (exact) mass is 769 g/mol. The van der Waals surface area contributed by atoms with Crippen molar-refractivity contribution in [2.24, 2.45) is 4.99 Å². The summed E-state index contributed by atoms with van der Waals surface area (Å²) in [6, 6.07) is 3.70. The molecule has 16 heteroatoms. The third-order valence-corrected chi connectivity index (χ3v) is 12.6. The Kier molecular flexibility index (Phi) is 13.2. The molecule has 52 heavy (non-hydrogen) atoms.